The van der Waals surface area contributed by atoms with Crippen LogP contribution in [0.2, 0.25) is 0 Å². The van der Waals surface area contributed by atoms with E-state index in [1.807, 2.05) is 38.4 Å². The first kappa shape index (κ1) is 14.2. The quantitative estimate of drug-likeness (QED) is 0.866. The van der Waals surface area contributed by atoms with Crippen molar-refractivity contribution in [3.8, 4) is 11.4 Å². The van der Waals surface area contributed by atoms with Gasteiger partial charge in [-0.25, -0.2) is 0 Å². The summed E-state index contributed by atoms with van der Waals surface area (Å²) in [5, 5.41) is 12.5. The van der Waals surface area contributed by atoms with Crippen LogP contribution in [0.4, 0.5) is 0 Å². The van der Waals surface area contributed by atoms with E-state index >= 15 is 0 Å². The largest absolute Gasteiger partial charge is 0.481 e. The van der Waals surface area contributed by atoms with Gasteiger partial charge in [-0.3, -0.25) is 4.79 Å². The molecule has 2 aromatic rings. The Hall–Kier alpha value is -2.21. The van der Waals surface area contributed by atoms with Gasteiger partial charge in [-0.15, -0.1) is 0 Å². The predicted octanol–water partition coefficient (Wildman–Crippen LogP) is 1.82. The van der Waals surface area contributed by atoms with Crippen LogP contribution < -0.4 is 0 Å². The van der Waals surface area contributed by atoms with Crippen LogP contribution in [-0.2, 0) is 17.8 Å². The molecule has 0 radical (unpaired) electrons. The van der Waals surface area contributed by atoms with E-state index in [-0.39, 0.29) is 12.8 Å². The van der Waals surface area contributed by atoms with Gasteiger partial charge in [-0.05, 0) is 19.7 Å². The highest BCUT2D eigenvalue weighted by Gasteiger charge is 2.10. The first-order valence-electron chi connectivity index (χ1n) is 6.33. The van der Waals surface area contributed by atoms with E-state index in [1.165, 1.54) is 5.56 Å². The Morgan fingerprint density at radius 2 is 2.00 bits per heavy atom. The van der Waals surface area contributed by atoms with Crippen LogP contribution in [0, 0.1) is 0 Å². The maximum absolute atomic E-state index is 10.5. The zero-order valence-electron chi connectivity index (χ0n) is 11.5. The van der Waals surface area contributed by atoms with Crippen LogP contribution in [0.5, 0.6) is 0 Å². The highest BCUT2D eigenvalue weighted by molar-refractivity contribution is 5.66. The Bertz CT molecular complexity index is 576. The maximum Gasteiger partial charge on any atom is 0.303 e. The van der Waals surface area contributed by atoms with Crippen molar-refractivity contribution in [1.82, 2.24) is 15.0 Å². The molecule has 0 aliphatic carbocycles. The van der Waals surface area contributed by atoms with Gasteiger partial charge in [0.1, 0.15) is 0 Å². The van der Waals surface area contributed by atoms with Gasteiger partial charge in [0, 0.05) is 18.5 Å². The average Bonchev–Trinajstić information content (AvgIpc) is 2.85. The molecule has 0 aliphatic heterocycles. The number of rotatable bonds is 6. The SMILES string of the molecule is CN(C)Cc1ccc(-c2noc(CCC(=O)O)n2)cc1. The molecule has 1 heterocycles. The maximum atomic E-state index is 10.5. The number of aryl methyl sites for hydroxylation is 1. The number of hydrogen-bond acceptors (Lipinski definition) is 5. The van der Waals surface area contributed by atoms with Crippen LogP contribution in [0.1, 0.15) is 17.9 Å². The summed E-state index contributed by atoms with van der Waals surface area (Å²) in [6.07, 6.45) is 0.241. The molecule has 0 atom stereocenters. The van der Waals surface area contributed by atoms with Crippen molar-refractivity contribution < 1.29 is 14.4 Å². The summed E-state index contributed by atoms with van der Waals surface area (Å²) < 4.78 is 5.03. The fourth-order valence-electron chi connectivity index (χ4n) is 1.81. The number of carboxylic acid groups (broad SMARTS) is 1. The number of aromatic nitrogens is 2. The normalized spacial score (nSPS) is 10.9. The van der Waals surface area contributed by atoms with E-state index < -0.39 is 5.97 Å². The van der Waals surface area contributed by atoms with Crippen molar-refractivity contribution in [3.63, 3.8) is 0 Å². The van der Waals surface area contributed by atoms with E-state index in [0.29, 0.717) is 11.7 Å². The molecule has 0 saturated heterocycles. The molecule has 0 bridgehead atoms. The molecule has 6 heteroatoms. The zero-order valence-corrected chi connectivity index (χ0v) is 11.5. The Kier molecular flexibility index (Phi) is 4.47. The van der Waals surface area contributed by atoms with Gasteiger partial charge < -0.3 is 14.5 Å². The lowest BCUT2D eigenvalue weighted by Gasteiger charge is -2.09. The minimum absolute atomic E-state index is 0.0105. The number of benzene rings is 1. The summed E-state index contributed by atoms with van der Waals surface area (Å²) in [4.78, 5) is 16.8. The van der Waals surface area contributed by atoms with Crippen LogP contribution in [0.25, 0.3) is 11.4 Å². The molecular formula is C14H17N3O3. The minimum atomic E-state index is -0.877. The molecular weight excluding hydrogens is 258 g/mol. The van der Waals surface area contributed by atoms with Gasteiger partial charge in [0.15, 0.2) is 0 Å². The second-order valence-electron chi connectivity index (χ2n) is 4.84. The van der Waals surface area contributed by atoms with E-state index in [4.69, 9.17) is 9.63 Å². The molecule has 6 nitrogen and oxygen atoms in total. The van der Waals surface area contributed by atoms with Crippen molar-refractivity contribution in [2.24, 2.45) is 0 Å². The third-order valence-corrected chi connectivity index (χ3v) is 2.73. The van der Waals surface area contributed by atoms with Crippen LogP contribution >= 0.6 is 0 Å². The second kappa shape index (κ2) is 6.29. The van der Waals surface area contributed by atoms with Crippen LogP contribution in [0.3, 0.4) is 0 Å². The van der Waals surface area contributed by atoms with Crippen molar-refractivity contribution in [2.75, 3.05) is 14.1 Å². The zero-order chi connectivity index (χ0) is 14.5. The molecule has 20 heavy (non-hydrogen) atoms. The summed E-state index contributed by atoms with van der Waals surface area (Å²) in [5.74, 6) is -0.0423. The van der Waals surface area contributed by atoms with Gasteiger partial charge in [0.25, 0.3) is 0 Å². The smallest absolute Gasteiger partial charge is 0.303 e. The molecule has 0 unspecified atom stereocenters. The van der Waals surface area contributed by atoms with Crippen LogP contribution in [-0.4, -0.2) is 40.2 Å². The molecule has 1 N–H and O–H groups in total. The van der Waals surface area contributed by atoms with Gasteiger partial charge in [-0.2, -0.15) is 4.98 Å². The van der Waals surface area contributed by atoms with E-state index in [0.717, 1.165) is 12.1 Å². The summed E-state index contributed by atoms with van der Waals surface area (Å²) in [7, 11) is 4.03. The van der Waals surface area contributed by atoms with E-state index in [2.05, 4.69) is 15.0 Å². The fraction of sp³-hybridized carbons (Fsp3) is 0.357. The van der Waals surface area contributed by atoms with Gasteiger partial charge in [-0.1, -0.05) is 29.4 Å². The Balaban J connectivity index is 2.06. The van der Waals surface area contributed by atoms with E-state index in [9.17, 15) is 4.79 Å². The molecule has 1 aromatic heterocycles. The number of carboxylic acids is 1. The third-order valence-electron chi connectivity index (χ3n) is 2.73. The van der Waals surface area contributed by atoms with Crippen molar-refractivity contribution in [2.45, 2.75) is 19.4 Å². The molecule has 2 rings (SSSR count). The predicted molar refractivity (Wildman–Crippen MR) is 73.1 cm³/mol. The van der Waals surface area contributed by atoms with Crippen molar-refractivity contribution >= 4 is 5.97 Å². The Labute approximate surface area is 117 Å². The Morgan fingerprint density at radius 1 is 1.30 bits per heavy atom. The van der Waals surface area contributed by atoms with Crippen molar-refractivity contribution in [3.05, 3.63) is 35.7 Å². The standard InChI is InChI=1S/C14H17N3O3/c1-17(2)9-10-3-5-11(6-4-10)14-15-12(20-16-14)7-8-13(18)19/h3-6H,7-9H2,1-2H3,(H,18,19). The lowest BCUT2D eigenvalue weighted by molar-refractivity contribution is -0.137. The highest BCUT2D eigenvalue weighted by Crippen LogP contribution is 2.17. The van der Waals surface area contributed by atoms with Crippen LogP contribution in [0.15, 0.2) is 28.8 Å². The molecule has 1 aromatic carbocycles. The monoisotopic (exact) mass is 275 g/mol. The van der Waals surface area contributed by atoms with E-state index in [1.54, 1.807) is 0 Å². The molecule has 0 aliphatic rings. The number of nitrogens with zero attached hydrogens (tertiary/aromatic N) is 3. The minimum Gasteiger partial charge on any atom is -0.481 e. The summed E-state index contributed by atoms with van der Waals surface area (Å²) in [6, 6.07) is 7.90. The second-order valence-corrected chi connectivity index (χ2v) is 4.84. The number of carbonyl (C=O) groups is 1. The number of aliphatic carboxylic acids is 1. The number of hydrogen-bond donors (Lipinski definition) is 1. The lowest BCUT2D eigenvalue weighted by Crippen LogP contribution is -2.10. The molecule has 0 spiro atoms. The highest BCUT2D eigenvalue weighted by atomic mass is 16.5. The molecule has 0 amide bonds. The average molecular weight is 275 g/mol. The first-order chi connectivity index (χ1) is 9.54. The summed E-state index contributed by atoms with van der Waals surface area (Å²) >= 11 is 0. The van der Waals surface area contributed by atoms with Gasteiger partial charge in [0.05, 0.1) is 6.42 Å². The molecule has 0 saturated carbocycles. The summed E-state index contributed by atoms with van der Waals surface area (Å²) in [5.41, 5.74) is 2.06. The lowest BCUT2D eigenvalue weighted by atomic mass is 10.1. The fourth-order valence-corrected chi connectivity index (χ4v) is 1.81. The van der Waals surface area contributed by atoms with Crippen molar-refractivity contribution in [1.29, 1.82) is 0 Å². The topological polar surface area (TPSA) is 79.5 Å². The van der Waals surface area contributed by atoms with Gasteiger partial charge >= 0.3 is 5.97 Å². The molecule has 106 valence electrons. The first-order valence-corrected chi connectivity index (χ1v) is 6.33. The van der Waals surface area contributed by atoms with Gasteiger partial charge in [0.2, 0.25) is 11.7 Å². The molecule has 0 fully saturated rings. The Morgan fingerprint density at radius 3 is 2.60 bits per heavy atom. The summed E-state index contributed by atoms with van der Waals surface area (Å²) in [6.45, 7) is 0.871. The third kappa shape index (κ3) is 3.89.